The Balaban J connectivity index is 2.54. The average molecular weight is 250 g/mol. The molecule has 7 heteroatoms. The fourth-order valence-corrected chi connectivity index (χ4v) is 1.09. The molecule has 0 fully saturated rings. The van der Waals surface area contributed by atoms with Crippen molar-refractivity contribution in [1.82, 2.24) is 10.5 Å². The third-order valence-corrected chi connectivity index (χ3v) is 1.95. The van der Waals surface area contributed by atoms with Crippen LogP contribution in [0.25, 0.3) is 0 Å². The average Bonchev–Trinajstić information content (AvgIpc) is 2.76. The highest BCUT2D eigenvalue weighted by Crippen LogP contribution is 2.07. The summed E-state index contributed by atoms with van der Waals surface area (Å²) >= 11 is 0. The minimum Gasteiger partial charge on any atom is -0.383 e. The Morgan fingerprint density at radius 2 is 2.50 bits per heavy atom. The number of hydrogen-bond donors (Lipinski definition) is 2. The number of nitrogens with zero attached hydrogens (tertiary/aromatic N) is 2. The van der Waals surface area contributed by atoms with Crippen molar-refractivity contribution in [3.63, 3.8) is 0 Å². The number of rotatable bonds is 6. The van der Waals surface area contributed by atoms with Gasteiger partial charge in [-0.25, -0.2) is 0 Å². The summed E-state index contributed by atoms with van der Waals surface area (Å²) < 4.78 is 9.61. The lowest BCUT2D eigenvalue weighted by Gasteiger charge is -2.02. The molecular weight excluding hydrogens is 236 g/mol. The fraction of sp³-hybridized carbons (Fsp3) is 0.364. The Kier molecular flexibility index (Phi) is 5.41. The maximum Gasteiger partial charge on any atom is 0.263 e. The number of nitrogens with one attached hydrogen (secondary N) is 2. The van der Waals surface area contributed by atoms with Gasteiger partial charge in [-0.2, -0.15) is 5.26 Å². The summed E-state index contributed by atoms with van der Waals surface area (Å²) in [6.07, 6.45) is 1.28. The fourth-order valence-electron chi connectivity index (χ4n) is 1.09. The van der Waals surface area contributed by atoms with Gasteiger partial charge in [0.2, 0.25) is 0 Å². The molecule has 1 heterocycles. The first-order valence-corrected chi connectivity index (χ1v) is 5.24. The highest BCUT2D eigenvalue weighted by atomic mass is 16.5. The van der Waals surface area contributed by atoms with Crippen LogP contribution < -0.4 is 10.6 Å². The van der Waals surface area contributed by atoms with Crippen molar-refractivity contribution in [3.05, 3.63) is 23.6 Å². The van der Waals surface area contributed by atoms with E-state index in [0.29, 0.717) is 24.7 Å². The summed E-state index contributed by atoms with van der Waals surface area (Å²) in [6.45, 7) is 2.47. The number of ether oxygens (including phenoxy) is 1. The van der Waals surface area contributed by atoms with Crippen LogP contribution in [0.4, 0.5) is 5.82 Å². The molecule has 0 aliphatic rings. The monoisotopic (exact) mass is 250 g/mol. The zero-order valence-corrected chi connectivity index (χ0v) is 10.2. The molecule has 1 aromatic rings. The van der Waals surface area contributed by atoms with Gasteiger partial charge in [0, 0.05) is 25.9 Å². The van der Waals surface area contributed by atoms with Gasteiger partial charge in [-0.1, -0.05) is 5.16 Å². The number of methoxy groups -OCH3 is 1. The van der Waals surface area contributed by atoms with Gasteiger partial charge in [-0.15, -0.1) is 0 Å². The molecule has 0 unspecified atom stereocenters. The molecule has 0 aliphatic heterocycles. The highest BCUT2D eigenvalue weighted by Gasteiger charge is 2.08. The van der Waals surface area contributed by atoms with E-state index in [2.05, 4.69) is 15.8 Å². The first kappa shape index (κ1) is 13.7. The van der Waals surface area contributed by atoms with Crippen LogP contribution in [0.5, 0.6) is 0 Å². The molecule has 0 aliphatic carbocycles. The number of carbonyl (C=O) groups excluding carboxylic acids is 1. The Morgan fingerprint density at radius 1 is 1.72 bits per heavy atom. The molecule has 0 atom stereocenters. The maximum absolute atomic E-state index is 11.5. The molecule has 96 valence electrons. The normalized spacial score (nSPS) is 10.8. The van der Waals surface area contributed by atoms with Crippen molar-refractivity contribution in [2.24, 2.45) is 0 Å². The van der Waals surface area contributed by atoms with Crippen LogP contribution in [0.2, 0.25) is 0 Å². The van der Waals surface area contributed by atoms with Crippen molar-refractivity contribution < 1.29 is 14.1 Å². The lowest BCUT2D eigenvalue weighted by Crippen LogP contribution is -2.28. The van der Waals surface area contributed by atoms with Crippen LogP contribution in [0.1, 0.15) is 5.76 Å². The number of hydrogen-bond acceptors (Lipinski definition) is 6. The smallest absolute Gasteiger partial charge is 0.263 e. The number of aromatic nitrogens is 1. The van der Waals surface area contributed by atoms with Crippen LogP contribution >= 0.6 is 0 Å². The number of anilines is 1. The first-order valence-electron chi connectivity index (χ1n) is 5.24. The Morgan fingerprint density at radius 3 is 3.06 bits per heavy atom. The first-order chi connectivity index (χ1) is 8.67. The summed E-state index contributed by atoms with van der Waals surface area (Å²) in [5, 5.41) is 17.8. The van der Waals surface area contributed by atoms with Crippen molar-refractivity contribution in [2.75, 3.05) is 25.6 Å². The number of nitriles is 1. The summed E-state index contributed by atoms with van der Waals surface area (Å²) in [6, 6.07) is 3.44. The van der Waals surface area contributed by atoms with E-state index in [0.717, 1.165) is 0 Å². The summed E-state index contributed by atoms with van der Waals surface area (Å²) in [7, 11) is 1.53. The number of carbonyl (C=O) groups is 1. The van der Waals surface area contributed by atoms with Crippen LogP contribution in [-0.2, 0) is 9.53 Å². The van der Waals surface area contributed by atoms with E-state index >= 15 is 0 Å². The predicted octanol–water partition coefficient (Wildman–Crippen LogP) is 0.565. The van der Waals surface area contributed by atoms with E-state index in [1.807, 2.05) is 0 Å². The van der Waals surface area contributed by atoms with Crippen LogP contribution in [-0.4, -0.2) is 31.3 Å². The van der Waals surface area contributed by atoms with Gasteiger partial charge < -0.3 is 19.9 Å². The zero-order chi connectivity index (χ0) is 13.4. The lowest BCUT2D eigenvalue weighted by molar-refractivity contribution is -0.117. The summed E-state index contributed by atoms with van der Waals surface area (Å²) in [4.78, 5) is 11.5. The largest absolute Gasteiger partial charge is 0.383 e. The molecule has 2 N–H and O–H groups in total. The predicted molar refractivity (Wildman–Crippen MR) is 63.4 cm³/mol. The third kappa shape index (κ3) is 4.27. The Labute approximate surface area is 104 Å². The Bertz CT molecular complexity index is 473. The van der Waals surface area contributed by atoms with Gasteiger partial charge in [0.25, 0.3) is 5.91 Å². The van der Waals surface area contributed by atoms with E-state index in [9.17, 15) is 4.79 Å². The standard InChI is InChI=1S/C11H14N4O3/c1-8-5-10(15-18-8)14-7-9(6-12)11(16)13-3-4-17-2/h5,7H,3-4H2,1-2H3,(H,13,16)(H,14,15)/b9-7-. The highest BCUT2D eigenvalue weighted by molar-refractivity contribution is 5.97. The number of aryl methyl sites for hydroxylation is 1. The molecule has 0 saturated carbocycles. The molecule has 0 radical (unpaired) electrons. The second kappa shape index (κ2) is 7.09. The molecule has 7 nitrogen and oxygen atoms in total. The van der Waals surface area contributed by atoms with Gasteiger partial charge in [0.1, 0.15) is 17.4 Å². The van der Waals surface area contributed by atoms with E-state index in [4.69, 9.17) is 14.5 Å². The second-order valence-corrected chi connectivity index (χ2v) is 3.39. The van der Waals surface area contributed by atoms with Crippen LogP contribution in [0.3, 0.4) is 0 Å². The van der Waals surface area contributed by atoms with Crippen molar-refractivity contribution >= 4 is 11.7 Å². The van der Waals surface area contributed by atoms with Gasteiger partial charge in [0.05, 0.1) is 6.61 Å². The molecular formula is C11H14N4O3. The minimum absolute atomic E-state index is 0.0493. The van der Waals surface area contributed by atoms with Crippen molar-refractivity contribution in [2.45, 2.75) is 6.92 Å². The molecule has 0 spiro atoms. The van der Waals surface area contributed by atoms with Crippen LogP contribution in [0.15, 0.2) is 22.4 Å². The lowest BCUT2D eigenvalue weighted by atomic mass is 10.3. The molecule has 0 bridgehead atoms. The van der Waals surface area contributed by atoms with E-state index < -0.39 is 5.91 Å². The number of amides is 1. The van der Waals surface area contributed by atoms with Gasteiger partial charge in [0.15, 0.2) is 5.82 Å². The topological polar surface area (TPSA) is 100 Å². The molecule has 1 amide bonds. The van der Waals surface area contributed by atoms with E-state index in [1.165, 1.54) is 13.3 Å². The minimum atomic E-state index is -0.470. The van der Waals surface area contributed by atoms with E-state index in [-0.39, 0.29) is 5.57 Å². The molecule has 1 rings (SSSR count). The van der Waals surface area contributed by atoms with Crippen molar-refractivity contribution in [3.8, 4) is 6.07 Å². The zero-order valence-electron chi connectivity index (χ0n) is 10.2. The maximum atomic E-state index is 11.5. The Hall–Kier alpha value is -2.33. The SMILES string of the molecule is COCCNC(=O)/C(C#N)=C\Nc1cc(C)on1. The van der Waals surface area contributed by atoms with Gasteiger partial charge >= 0.3 is 0 Å². The van der Waals surface area contributed by atoms with Gasteiger partial charge in [-0.3, -0.25) is 4.79 Å². The van der Waals surface area contributed by atoms with Gasteiger partial charge in [-0.05, 0) is 6.92 Å². The molecule has 1 aromatic heterocycles. The quantitative estimate of drug-likeness (QED) is 0.435. The van der Waals surface area contributed by atoms with Crippen LogP contribution in [0, 0.1) is 18.3 Å². The molecule has 0 saturated heterocycles. The summed E-state index contributed by atoms with van der Waals surface area (Å²) in [5.41, 5.74) is -0.0493. The van der Waals surface area contributed by atoms with Crippen molar-refractivity contribution in [1.29, 1.82) is 5.26 Å². The molecule has 18 heavy (non-hydrogen) atoms. The second-order valence-electron chi connectivity index (χ2n) is 3.39. The molecule has 0 aromatic carbocycles. The van der Waals surface area contributed by atoms with E-state index in [1.54, 1.807) is 19.1 Å². The third-order valence-electron chi connectivity index (χ3n) is 1.95. The summed E-state index contributed by atoms with van der Waals surface area (Å²) in [5.74, 6) is 0.598.